The maximum absolute atomic E-state index is 5.36. The summed E-state index contributed by atoms with van der Waals surface area (Å²) in [5, 5.41) is 0. The maximum atomic E-state index is 5.36. The Balaban J connectivity index is 2.49. The second kappa shape index (κ2) is 3.64. The largest absolute Gasteiger partial charge is 0.496 e. The molecule has 2 rings (SSSR count). The van der Waals surface area contributed by atoms with Gasteiger partial charge < -0.3 is 4.74 Å². The Morgan fingerprint density at radius 2 is 2.14 bits per heavy atom. The number of rotatable bonds is 1. The summed E-state index contributed by atoms with van der Waals surface area (Å²) >= 11 is 0. The summed E-state index contributed by atoms with van der Waals surface area (Å²) in [4.78, 5) is 0. The first kappa shape index (κ1) is 9.57. The number of hydrogen-bond acceptors (Lipinski definition) is 1. The Kier molecular flexibility index (Phi) is 2.49. The molecule has 0 aromatic heterocycles. The second-order valence-electron chi connectivity index (χ2n) is 4.31. The molecule has 1 aliphatic carbocycles. The quantitative estimate of drug-likeness (QED) is 0.659. The highest BCUT2D eigenvalue weighted by atomic mass is 16.5. The minimum absolute atomic E-state index is 0.702. The van der Waals surface area contributed by atoms with E-state index in [0.29, 0.717) is 5.92 Å². The highest BCUT2D eigenvalue weighted by molar-refractivity contribution is 5.44. The number of fused-ring (bicyclic) bond motifs is 1. The summed E-state index contributed by atoms with van der Waals surface area (Å²) in [6.45, 7) is 4.44. The molecule has 76 valence electrons. The molecule has 1 heteroatoms. The zero-order valence-corrected chi connectivity index (χ0v) is 9.26. The molecule has 1 aromatic rings. The molecule has 0 bridgehead atoms. The lowest BCUT2D eigenvalue weighted by Gasteiger charge is -2.23. The predicted molar refractivity (Wildman–Crippen MR) is 59.1 cm³/mol. The molecule has 1 atom stereocenters. The lowest BCUT2D eigenvalue weighted by atomic mass is 9.83. The Bertz CT molecular complexity index is 341. The van der Waals surface area contributed by atoms with E-state index in [0.717, 1.165) is 5.75 Å². The number of methoxy groups -OCH3 is 1. The van der Waals surface area contributed by atoms with Gasteiger partial charge in [0, 0.05) is 0 Å². The molecule has 0 amide bonds. The van der Waals surface area contributed by atoms with Crippen LogP contribution in [0.2, 0.25) is 0 Å². The zero-order chi connectivity index (χ0) is 10.1. The van der Waals surface area contributed by atoms with Gasteiger partial charge in [-0.2, -0.15) is 0 Å². The van der Waals surface area contributed by atoms with Crippen molar-refractivity contribution in [2.75, 3.05) is 7.11 Å². The Labute approximate surface area is 86.1 Å². The minimum atomic E-state index is 0.702. The fourth-order valence-corrected chi connectivity index (χ4v) is 2.41. The molecule has 0 unspecified atom stereocenters. The van der Waals surface area contributed by atoms with E-state index >= 15 is 0 Å². The lowest BCUT2D eigenvalue weighted by molar-refractivity contribution is 0.409. The molecule has 0 aliphatic heterocycles. The third-order valence-electron chi connectivity index (χ3n) is 3.27. The fourth-order valence-electron chi connectivity index (χ4n) is 2.41. The molecule has 0 saturated heterocycles. The van der Waals surface area contributed by atoms with Crippen molar-refractivity contribution in [3.63, 3.8) is 0 Å². The molecule has 0 radical (unpaired) electrons. The Morgan fingerprint density at radius 3 is 2.86 bits per heavy atom. The van der Waals surface area contributed by atoms with Gasteiger partial charge in [-0.15, -0.1) is 0 Å². The van der Waals surface area contributed by atoms with Crippen LogP contribution in [0.4, 0.5) is 0 Å². The summed E-state index contributed by atoms with van der Waals surface area (Å²) in [5.41, 5.74) is 4.29. The molecule has 0 heterocycles. The third-order valence-corrected chi connectivity index (χ3v) is 3.27. The van der Waals surface area contributed by atoms with Crippen molar-refractivity contribution in [1.82, 2.24) is 0 Å². The van der Waals surface area contributed by atoms with Crippen molar-refractivity contribution < 1.29 is 4.74 Å². The van der Waals surface area contributed by atoms with E-state index < -0.39 is 0 Å². The zero-order valence-electron chi connectivity index (χ0n) is 9.26. The minimum Gasteiger partial charge on any atom is -0.496 e. The van der Waals surface area contributed by atoms with Crippen molar-refractivity contribution in [2.24, 2.45) is 0 Å². The van der Waals surface area contributed by atoms with Crippen molar-refractivity contribution in [2.45, 2.75) is 39.0 Å². The average Bonchev–Trinajstić information content (AvgIpc) is 2.17. The summed E-state index contributed by atoms with van der Waals surface area (Å²) in [5.74, 6) is 1.74. The van der Waals surface area contributed by atoms with E-state index in [2.05, 4.69) is 26.0 Å². The molecular weight excluding hydrogens is 172 g/mol. The second-order valence-corrected chi connectivity index (χ2v) is 4.31. The van der Waals surface area contributed by atoms with Gasteiger partial charge in [0.25, 0.3) is 0 Å². The van der Waals surface area contributed by atoms with E-state index in [1.54, 1.807) is 7.11 Å². The molecule has 0 fully saturated rings. The van der Waals surface area contributed by atoms with Crippen molar-refractivity contribution in [3.8, 4) is 5.75 Å². The van der Waals surface area contributed by atoms with E-state index in [1.165, 1.54) is 36.0 Å². The van der Waals surface area contributed by atoms with Crippen molar-refractivity contribution in [3.05, 3.63) is 28.8 Å². The Hall–Kier alpha value is -0.980. The van der Waals surface area contributed by atoms with Gasteiger partial charge in [-0.05, 0) is 54.9 Å². The summed E-state index contributed by atoms with van der Waals surface area (Å²) in [7, 11) is 1.75. The van der Waals surface area contributed by atoms with Crippen LogP contribution in [0.25, 0.3) is 0 Å². The fraction of sp³-hybridized carbons (Fsp3) is 0.538. The van der Waals surface area contributed by atoms with E-state index in [1.807, 2.05) is 0 Å². The van der Waals surface area contributed by atoms with Gasteiger partial charge in [-0.1, -0.05) is 13.0 Å². The summed E-state index contributed by atoms with van der Waals surface area (Å²) < 4.78 is 5.36. The highest BCUT2D eigenvalue weighted by Gasteiger charge is 2.17. The van der Waals surface area contributed by atoms with E-state index in [4.69, 9.17) is 4.74 Å². The van der Waals surface area contributed by atoms with Gasteiger partial charge in [0.15, 0.2) is 0 Å². The highest BCUT2D eigenvalue weighted by Crippen LogP contribution is 2.35. The number of hydrogen-bond donors (Lipinski definition) is 0. The molecule has 1 aliphatic rings. The van der Waals surface area contributed by atoms with E-state index in [-0.39, 0.29) is 0 Å². The van der Waals surface area contributed by atoms with Crippen LogP contribution in [0.15, 0.2) is 12.1 Å². The van der Waals surface area contributed by atoms with Gasteiger partial charge in [-0.3, -0.25) is 0 Å². The van der Waals surface area contributed by atoms with Crippen LogP contribution >= 0.6 is 0 Å². The monoisotopic (exact) mass is 190 g/mol. The normalized spacial score (nSPS) is 20.4. The van der Waals surface area contributed by atoms with E-state index in [9.17, 15) is 0 Å². The van der Waals surface area contributed by atoms with Crippen LogP contribution in [0.1, 0.15) is 42.4 Å². The van der Waals surface area contributed by atoms with Crippen LogP contribution < -0.4 is 4.74 Å². The summed E-state index contributed by atoms with van der Waals surface area (Å²) in [6.07, 6.45) is 3.89. The van der Waals surface area contributed by atoms with Crippen molar-refractivity contribution in [1.29, 1.82) is 0 Å². The first-order chi connectivity index (χ1) is 6.72. The molecule has 14 heavy (non-hydrogen) atoms. The smallest absolute Gasteiger partial charge is 0.122 e. The standard InChI is InChI=1S/C13H18O/c1-9-5-4-6-11-7-10(2)13(14-3)8-12(9)11/h7-9H,4-6H2,1-3H3/t9-/m1/s1. The van der Waals surface area contributed by atoms with Gasteiger partial charge in [0.2, 0.25) is 0 Å². The maximum Gasteiger partial charge on any atom is 0.122 e. The molecule has 0 N–H and O–H groups in total. The SMILES string of the molecule is COc1cc2c(cc1C)CCC[C@H]2C. The number of aryl methyl sites for hydroxylation is 2. The van der Waals surface area contributed by atoms with Crippen LogP contribution in [-0.2, 0) is 6.42 Å². The van der Waals surface area contributed by atoms with Gasteiger partial charge in [-0.25, -0.2) is 0 Å². The first-order valence-corrected chi connectivity index (χ1v) is 5.39. The van der Waals surface area contributed by atoms with Gasteiger partial charge in [0.05, 0.1) is 7.11 Å². The van der Waals surface area contributed by atoms with Crippen molar-refractivity contribution >= 4 is 0 Å². The summed E-state index contributed by atoms with van der Waals surface area (Å²) in [6, 6.07) is 4.53. The Morgan fingerprint density at radius 1 is 1.36 bits per heavy atom. The topological polar surface area (TPSA) is 9.23 Å². The van der Waals surface area contributed by atoms with Crippen LogP contribution in [-0.4, -0.2) is 7.11 Å². The molecule has 1 aromatic carbocycles. The molecule has 0 saturated carbocycles. The van der Waals surface area contributed by atoms with Crippen LogP contribution in [0.5, 0.6) is 5.75 Å². The first-order valence-electron chi connectivity index (χ1n) is 5.39. The van der Waals surface area contributed by atoms with Gasteiger partial charge >= 0.3 is 0 Å². The molecule has 1 nitrogen and oxygen atoms in total. The van der Waals surface area contributed by atoms with Gasteiger partial charge in [0.1, 0.15) is 5.75 Å². The number of ether oxygens (including phenoxy) is 1. The predicted octanol–water partition coefficient (Wildman–Crippen LogP) is 3.44. The molecule has 0 spiro atoms. The van der Waals surface area contributed by atoms with Crippen LogP contribution in [0, 0.1) is 6.92 Å². The van der Waals surface area contributed by atoms with Crippen LogP contribution in [0.3, 0.4) is 0 Å². The lowest BCUT2D eigenvalue weighted by Crippen LogP contribution is -2.07. The third kappa shape index (κ3) is 1.52. The average molecular weight is 190 g/mol. The number of benzene rings is 1. The molecular formula is C13H18O.